The summed E-state index contributed by atoms with van der Waals surface area (Å²) in [5.74, 6) is 1.11. The third-order valence-corrected chi connectivity index (χ3v) is 6.50. The Morgan fingerprint density at radius 2 is 1.26 bits per heavy atom. The first kappa shape index (κ1) is 25.7. The van der Waals surface area contributed by atoms with Crippen molar-refractivity contribution in [2.45, 2.75) is 20.8 Å². The third kappa shape index (κ3) is 6.00. The number of allylic oxidation sites excluding steroid dienone is 4. The molecule has 0 saturated heterocycles. The van der Waals surface area contributed by atoms with Crippen molar-refractivity contribution in [1.82, 2.24) is 0 Å². The number of ketones is 1. The molecule has 0 saturated carbocycles. The van der Waals surface area contributed by atoms with E-state index < -0.39 is 0 Å². The van der Waals surface area contributed by atoms with Gasteiger partial charge in [0.15, 0.2) is 23.0 Å². The van der Waals surface area contributed by atoms with Gasteiger partial charge in [-0.25, -0.2) is 0 Å². The molecule has 0 N–H and O–H groups in total. The number of rotatable bonds is 5. The zero-order valence-electron chi connectivity index (χ0n) is 22.3. The average molecular weight is 511 g/mol. The molecule has 1 aliphatic rings. The molecule has 3 heteroatoms. The highest BCUT2D eigenvalue weighted by Crippen LogP contribution is 2.36. The molecule has 0 radical (unpaired) electrons. The van der Waals surface area contributed by atoms with Crippen LogP contribution in [0, 0.1) is 6.92 Å². The van der Waals surface area contributed by atoms with Crippen LogP contribution in [0.2, 0.25) is 0 Å². The molecule has 4 aromatic rings. The molecule has 5 rings (SSSR count). The second kappa shape index (κ2) is 11.7. The Kier molecular flexibility index (Phi) is 7.70. The van der Waals surface area contributed by atoms with E-state index in [0.29, 0.717) is 11.5 Å². The van der Waals surface area contributed by atoms with Gasteiger partial charge >= 0.3 is 0 Å². The standard InChI is InChI=1S/C36H30O3/c1-4-9-28(5-2)30-17-13-26(14-18-30)23-34-36(37)35(39-33-22-25(3)12-21-32(33)38-34)24-27-15-19-31(20-16-27)29-10-7-6-8-11-29/h4-24H,1-3H3/b9-4-,28-5+,34-23-,35-24-. The van der Waals surface area contributed by atoms with Crippen LogP contribution in [0.15, 0.2) is 127 Å². The van der Waals surface area contributed by atoms with Crippen LogP contribution in [-0.2, 0) is 4.79 Å². The van der Waals surface area contributed by atoms with Crippen molar-refractivity contribution < 1.29 is 14.3 Å². The van der Waals surface area contributed by atoms with Crippen molar-refractivity contribution in [3.05, 3.63) is 149 Å². The topological polar surface area (TPSA) is 35.5 Å². The van der Waals surface area contributed by atoms with E-state index in [1.165, 1.54) is 0 Å². The van der Waals surface area contributed by atoms with Crippen LogP contribution in [-0.4, -0.2) is 5.78 Å². The summed E-state index contributed by atoms with van der Waals surface area (Å²) in [6.07, 6.45) is 9.70. The SMILES string of the molecule is C/C=C\C(=C/C)c1ccc(/C=C2\Oc3ccc(C)cc3O/C(=C\c3ccc(-c4ccccc4)cc3)C2=O)cc1. The average Bonchev–Trinajstić information content (AvgIpc) is 3.09. The van der Waals surface area contributed by atoms with Crippen LogP contribution in [0.25, 0.3) is 28.9 Å². The number of benzene rings is 4. The molecule has 3 nitrogen and oxygen atoms in total. The Morgan fingerprint density at radius 3 is 1.87 bits per heavy atom. The van der Waals surface area contributed by atoms with Gasteiger partial charge in [-0.1, -0.05) is 103 Å². The van der Waals surface area contributed by atoms with E-state index in [4.69, 9.17) is 9.47 Å². The second-order valence-electron chi connectivity index (χ2n) is 9.35. The molecule has 192 valence electrons. The molecule has 0 fully saturated rings. The van der Waals surface area contributed by atoms with Gasteiger partial charge in [-0.15, -0.1) is 0 Å². The van der Waals surface area contributed by atoms with Gasteiger partial charge in [0.05, 0.1) is 0 Å². The summed E-state index contributed by atoms with van der Waals surface area (Å²) in [5.41, 5.74) is 7.23. The lowest BCUT2D eigenvalue weighted by molar-refractivity contribution is -0.115. The third-order valence-electron chi connectivity index (χ3n) is 6.50. The van der Waals surface area contributed by atoms with Gasteiger partial charge in [0, 0.05) is 0 Å². The zero-order chi connectivity index (χ0) is 27.2. The molecule has 0 unspecified atom stereocenters. The lowest BCUT2D eigenvalue weighted by Gasteiger charge is -2.07. The van der Waals surface area contributed by atoms with Crippen LogP contribution >= 0.6 is 0 Å². The molecular formula is C36H30O3. The van der Waals surface area contributed by atoms with Crippen molar-refractivity contribution >= 4 is 23.5 Å². The Morgan fingerprint density at radius 1 is 0.667 bits per heavy atom. The Hall–Kier alpha value is -4.89. The van der Waals surface area contributed by atoms with Gasteiger partial charge in [0.2, 0.25) is 0 Å². The number of carbonyl (C=O) groups excluding carboxylic acids is 1. The fourth-order valence-corrected chi connectivity index (χ4v) is 4.44. The van der Waals surface area contributed by atoms with Gasteiger partial charge in [0.25, 0.3) is 5.78 Å². The number of fused-ring (bicyclic) bond motifs is 1. The monoisotopic (exact) mass is 510 g/mol. The van der Waals surface area contributed by atoms with Gasteiger partial charge in [0.1, 0.15) is 0 Å². The number of hydrogen-bond donors (Lipinski definition) is 0. The van der Waals surface area contributed by atoms with Crippen molar-refractivity contribution in [3.63, 3.8) is 0 Å². The van der Waals surface area contributed by atoms with E-state index >= 15 is 0 Å². The summed E-state index contributed by atoms with van der Waals surface area (Å²) in [4.78, 5) is 13.7. The molecule has 4 aromatic carbocycles. The number of aryl methyl sites for hydroxylation is 1. The van der Waals surface area contributed by atoms with Crippen LogP contribution in [0.3, 0.4) is 0 Å². The second-order valence-corrected chi connectivity index (χ2v) is 9.35. The number of Topliss-reactive ketones (excluding diaryl/α,β-unsaturated/α-hetero) is 1. The number of hydrogen-bond acceptors (Lipinski definition) is 3. The summed E-state index contributed by atoms with van der Waals surface area (Å²) in [7, 11) is 0. The first-order valence-corrected chi connectivity index (χ1v) is 13.0. The van der Waals surface area contributed by atoms with Crippen LogP contribution in [0.4, 0.5) is 0 Å². The van der Waals surface area contributed by atoms with Gasteiger partial charge in [-0.2, -0.15) is 0 Å². The first-order valence-electron chi connectivity index (χ1n) is 13.0. The van der Waals surface area contributed by atoms with Crippen molar-refractivity contribution in [2.24, 2.45) is 0 Å². The summed E-state index contributed by atoms with van der Waals surface area (Å²) in [6, 6.07) is 32.0. The minimum Gasteiger partial charge on any atom is -0.449 e. The van der Waals surface area contributed by atoms with Gasteiger partial charge < -0.3 is 9.47 Å². The molecule has 0 spiro atoms. The Bertz CT molecular complexity index is 1600. The van der Waals surface area contributed by atoms with Crippen LogP contribution in [0.5, 0.6) is 11.5 Å². The quantitative estimate of drug-likeness (QED) is 0.198. The summed E-state index contributed by atoms with van der Waals surface area (Å²) >= 11 is 0. The van der Waals surface area contributed by atoms with Crippen LogP contribution < -0.4 is 9.47 Å². The summed E-state index contributed by atoms with van der Waals surface area (Å²) in [6.45, 7) is 6.00. The molecule has 39 heavy (non-hydrogen) atoms. The van der Waals surface area contributed by atoms with Crippen molar-refractivity contribution in [1.29, 1.82) is 0 Å². The lowest BCUT2D eigenvalue weighted by Crippen LogP contribution is -2.12. The van der Waals surface area contributed by atoms with E-state index in [1.807, 2.05) is 112 Å². The van der Waals surface area contributed by atoms with Crippen LogP contribution in [0.1, 0.15) is 36.1 Å². The predicted octanol–water partition coefficient (Wildman–Crippen LogP) is 9.06. The Balaban J connectivity index is 1.50. The van der Waals surface area contributed by atoms with E-state index in [-0.39, 0.29) is 17.3 Å². The minimum absolute atomic E-state index is 0.206. The maximum Gasteiger partial charge on any atom is 0.263 e. The molecule has 0 bridgehead atoms. The van der Waals surface area contributed by atoms with E-state index in [9.17, 15) is 4.79 Å². The number of ether oxygens (including phenoxy) is 2. The normalized spacial score (nSPS) is 15.7. The van der Waals surface area contributed by atoms with Gasteiger partial charge in [-0.05, 0) is 84.0 Å². The Labute approximate surface area is 230 Å². The largest absolute Gasteiger partial charge is 0.449 e. The summed E-state index contributed by atoms with van der Waals surface area (Å²) < 4.78 is 12.3. The molecule has 1 aliphatic heterocycles. The molecule has 0 aromatic heterocycles. The lowest BCUT2D eigenvalue weighted by atomic mass is 10.0. The maximum absolute atomic E-state index is 13.7. The van der Waals surface area contributed by atoms with Gasteiger partial charge in [-0.3, -0.25) is 4.79 Å². The molecule has 1 heterocycles. The highest BCUT2D eigenvalue weighted by atomic mass is 16.5. The highest BCUT2D eigenvalue weighted by molar-refractivity contribution is 6.11. The fourth-order valence-electron chi connectivity index (χ4n) is 4.44. The van der Waals surface area contributed by atoms with E-state index in [1.54, 1.807) is 12.2 Å². The summed E-state index contributed by atoms with van der Waals surface area (Å²) in [5, 5.41) is 0. The molecule has 0 aliphatic carbocycles. The smallest absolute Gasteiger partial charge is 0.263 e. The van der Waals surface area contributed by atoms with Crippen molar-refractivity contribution in [2.75, 3.05) is 0 Å². The maximum atomic E-state index is 13.7. The van der Waals surface area contributed by atoms with E-state index in [0.717, 1.165) is 39.0 Å². The fraction of sp³-hybridized carbons (Fsp3) is 0.0833. The minimum atomic E-state index is -0.317. The molecular weight excluding hydrogens is 480 g/mol. The predicted molar refractivity (Wildman–Crippen MR) is 160 cm³/mol. The molecule has 0 amide bonds. The zero-order valence-corrected chi connectivity index (χ0v) is 22.3. The molecule has 0 atom stereocenters. The van der Waals surface area contributed by atoms with Crippen molar-refractivity contribution in [3.8, 4) is 22.6 Å². The first-order chi connectivity index (χ1) is 19.0. The highest BCUT2D eigenvalue weighted by Gasteiger charge is 2.26. The van der Waals surface area contributed by atoms with E-state index in [2.05, 4.69) is 24.3 Å². The number of carbonyl (C=O) groups is 1.